The van der Waals surface area contributed by atoms with Crippen molar-refractivity contribution in [3.8, 4) is 0 Å². The van der Waals surface area contributed by atoms with Crippen LogP contribution in [-0.2, 0) is 4.79 Å². The van der Waals surface area contributed by atoms with Crippen LogP contribution in [0.2, 0.25) is 0 Å². The van der Waals surface area contributed by atoms with E-state index in [2.05, 4.69) is 17.6 Å². The molecule has 1 aliphatic heterocycles. The fraction of sp³-hybridized carbons (Fsp3) is 0.923. The Kier molecular flexibility index (Phi) is 2.66. The normalized spacial score (nSPS) is 46.2. The Labute approximate surface area is 97.4 Å². The molecule has 90 valence electrons. The van der Waals surface area contributed by atoms with Gasteiger partial charge in [-0.1, -0.05) is 6.42 Å². The van der Waals surface area contributed by atoms with Gasteiger partial charge < -0.3 is 10.6 Å². The fourth-order valence-electron chi connectivity index (χ4n) is 3.73. The third-order valence-electron chi connectivity index (χ3n) is 4.80. The second kappa shape index (κ2) is 4.02. The van der Waals surface area contributed by atoms with Gasteiger partial charge in [0.15, 0.2) is 0 Å². The van der Waals surface area contributed by atoms with Gasteiger partial charge in [0.1, 0.15) is 0 Å². The van der Waals surface area contributed by atoms with Gasteiger partial charge in [-0.2, -0.15) is 0 Å². The minimum Gasteiger partial charge on any atom is -0.352 e. The Balaban J connectivity index is 1.52. The fourth-order valence-corrected chi connectivity index (χ4v) is 3.73. The molecule has 2 N–H and O–H groups in total. The molecule has 0 bridgehead atoms. The molecule has 4 unspecified atom stereocenters. The van der Waals surface area contributed by atoms with Crippen LogP contribution in [0.1, 0.15) is 39.0 Å². The van der Waals surface area contributed by atoms with E-state index >= 15 is 0 Å². The quantitative estimate of drug-likeness (QED) is 0.739. The number of carbonyl (C=O) groups excluding carboxylic acids is 1. The van der Waals surface area contributed by atoms with E-state index in [9.17, 15) is 4.79 Å². The summed E-state index contributed by atoms with van der Waals surface area (Å²) < 4.78 is 0. The molecule has 3 fully saturated rings. The van der Waals surface area contributed by atoms with E-state index < -0.39 is 0 Å². The van der Waals surface area contributed by atoms with E-state index in [1.165, 1.54) is 25.7 Å². The molecule has 4 atom stereocenters. The van der Waals surface area contributed by atoms with Crippen molar-refractivity contribution < 1.29 is 4.79 Å². The molecule has 0 radical (unpaired) electrons. The second-order valence-electron chi connectivity index (χ2n) is 5.78. The van der Waals surface area contributed by atoms with Gasteiger partial charge in [-0.05, 0) is 51.0 Å². The number of piperidine rings is 1. The lowest BCUT2D eigenvalue weighted by Crippen LogP contribution is -2.52. The zero-order valence-corrected chi connectivity index (χ0v) is 10.0. The Morgan fingerprint density at radius 2 is 1.94 bits per heavy atom. The van der Waals surface area contributed by atoms with E-state index in [4.69, 9.17) is 0 Å². The van der Waals surface area contributed by atoms with Crippen LogP contribution in [0.5, 0.6) is 0 Å². The first-order valence-corrected chi connectivity index (χ1v) is 6.81. The van der Waals surface area contributed by atoms with Gasteiger partial charge in [0, 0.05) is 18.0 Å². The number of hydrogen-bond donors (Lipinski definition) is 2. The Morgan fingerprint density at radius 3 is 2.62 bits per heavy atom. The molecule has 1 amide bonds. The summed E-state index contributed by atoms with van der Waals surface area (Å²) in [6.45, 7) is 3.28. The van der Waals surface area contributed by atoms with Crippen molar-refractivity contribution in [3.05, 3.63) is 0 Å². The van der Waals surface area contributed by atoms with Crippen molar-refractivity contribution in [1.29, 1.82) is 0 Å². The highest BCUT2D eigenvalue weighted by atomic mass is 16.2. The monoisotopic (exact) mass is 222 g/mol. The largest absolute Gasteiger partial charge is 0.352 e. The van der Waals surface area contributed by atoms with Crippen molar-refractivity contribution in [2.24, 2.45) is 17.8 Å². The van der Waals surface area contributed by atoms with Gasteiger partial charge in [-0.3, -0.25) is 4.79 Å². The van der Waals surface area contributed by atoms with Crippen LogP contribution >= 0.6 is 0 Å². The van der Waals surface area contributed by atoms with Crippen molar-refractivity contribution in [3.63, 3.8) is 0 Å². The summed E-state index contributed by atoms with van der Waals surface area (Å²) in [5.74, 6) is 2.21. The first-order chi connectivity index (χ1) is 7.77. The van der Waals surface area contributed by atoms with Gasteiger partial charge in [-0.25, -0.2) is 0 Å². The Bertz CT molecular complexity index is 282. The molecule has 0 aromatic rings. The van der Waals surface area contributed by atoms with Crippen LogP contribution < -0.4 is 10.6 Å². The molecule has 2 aliphatic carbocycles. The van der Waals surface area contributed by atoms with E-state index in [-0.39, 0.29) is 0 Å². The highest BCUT2D eigenvalue weighted by Gasteiger charge is 2.56. The van der Waals surface area contributed by atoms with E-state index in [0.717, 1.165) is 24.8 Å². The molecule has 3 aliphatic rings. The Morgan fingerprint density at radius 1 is 1.19 bits per heavy atom. The van der Waals surface area contributed by atoms with Crippen molar-refractivity contribution in [2.75, 3.05) is 6.54 Å². The summed E-state index contributed by atoms with van der Waals surface area (Å²) in [7, 11) is 0. The van der Waals surface area contributed by atoms with Crippen molar-refractivity contribution in [2.45, 2.75) is 51.1 Å². The van der Waals surface area contributed by atoms with Gasteiger partial charge in [-0.15, -0.1) is 0 Å². The van der Waals surface area contributed by atoms with Gasteiger partial charge >= 0.3 is 0 Å². The average molecular weight is 222 g/mol. The molecule has 0 aromatic carbocycles. The summed E-state index contributed by atoms with van der Waals surface area (Å²) in [6, 6.07) is 0.805. The lowest BCUT2D eigenvalue weighted by Gasteiger charge is -2.30. The number of hydrogen-bond acceptors (Lipinski definition) is 2. The highest BCUT2D eigenvalue weighted by molar-refractivity contribution is 5.82. The molecule has 1 heterocycles. The highest BCUT2D eigenvalue weighted by Crippen LogP contribution is 2.57. The number of nitrogens with one attached hydrogen (secondary N) is 2. The predicted octanol–water partition coefficient (Wildman–Crippen LogP) is 1.29. The van der Waals surface area contributed by atoms with Crippen LogP contribution in [0.3, 0.4) is 0 Å². The molecular weight excluding hydrogens is 200 g/mol. The van der Waals surface area contributed by atoms with Crippen LogP contribution in [0.25, 0.3) is 0 Å². The third-order valence-corrected chi connectivity index (χ3v) is 4.80. The maximum absolute atomic E-state index is 12.1. The Hall–Kier alpha value is -0.570. The maximum atomic E-state index is 12.1. The van der Waals surface area contributed by atoms with Crippen molar-refractivity contribution >= 4 is 5.91 Å². The first kappa shape index (κ1) is 10.6. The zero-order chi connectivity index (χ0) is 11.1. The van der Waals surface area contributed by atoms with Crippen LogP contribution in [-0.4, -0.2) is 24.5 Å². The average Bonchev–Trinajstić information content (AvgIpc) is 2.76. The minimum absolute atomic E-state index is 0.343. The molecule has 2 saturated carbocycles. The molecule has 1 saturated heterocycles. The van der Waals surface area contributed by atoms with Crippen LogP contribution in [0.4, 0.5) is 0 Å². The molecule has 16 heavy (non-hydrogen) atoms. The summed E-state index contributed by atoms with van der Waals surface area (Å²) in [4.78, 5) is 12.1. The minimum atomic E-state index is 0.343. The summed E-state index contributed by atoms with van der Waals surface area (Å²) in [6.07, 6.45) is 6.26. The number of fused-ring (bicyclic) bond motifs is 1. The third kappa shape index (κ3) is 1.75. The van der Waals surface area contributed by atoms with E-state index in [1.54, 1.807) is 0 Å². The lowest BCUT2D eigenvalue weighted by molar-refractivity contribution is -0.124. The van der Waals surface area contributed by atoms with Gasteiger partial charge in [0.05, 0.1) is 0 Å². The van der Waals surface area contributed by atoms with Crippen LogP contribution in [0, 0.1) is 17.8 Å². The number of rotatable bonds is 2. The first-order valence-electron chi connectivity index (χ1n) is 6.81. The molecule has 3 heteroatoms. The molecule has 0 aromatic heterocycles. The van der Waals surface area contributed by atoms with Crippen LogP contribution in [0.15, 0.2) is 0 Å². The SMILES string of the molecule is CC1NCCCC1NC(=O)C1C2CCCC21. The van der Waals surface area contributed by atoms with Gasteiger partial charge in [0.2, 0.25) is 5.91 Å². The van der Waals surface area contributed by atoms with Crippen molar-refractivity contribution in [1.82, 2.24) is 10.6 Å². The summed E-state index contributed by atoms with van der Waals surface area (Å²) in [5.41, 5.74) is 0. The zero-order valence-electron chi connectivity index (χ0n) is 10.0. The predicted molar refractivity (Wildman–Crippen MR) is 63.0 cm³/mol. The maximum Gasteiger partial charge on any atom is 0.223 e. The lowest BCUT2D eigenvalue weighted by atomic mass is 9.99. The standard InChI is InChI=1S/C13H22N2O/c1-8-11(6-3-7-14-8)15-13(16)12-9-4-2-5-10(9)12/h8-12,14H,2-7H2,1H3,(H,15,16). The number of amides is 1. The van der Waals surface area contributed by atoms with E-state index in [0.29, 0.717) is 23.9 Å². The molecular formula is C13H22N2O. The summed E-state index contributed by atoms with van der Waals surface area (Å²) in [5, 5.41) is 6.69. The molecule has 0 spiro atoms. The van der Waals surface area contributed by atoms with E-state index in [1.807, 2.05) is 0 Å². The number of carbonyl (C=O) groups is 1. The topological polar surface area (TPSA) is 41.1 Å². The summed E-state index contributed by atoms with van der Waals surface area (Å²) >= 11 is 0. The molecule has 3 nitrogen and oxygen atoms in total. The van der Waals surface area contributed by atoms with Gasteiger partial charge in [0.25, 0.3) is 0 Å². The molecule has 3 rings (SSSR count). The smallest absolute Gasteiger partial charge is 0.223 e. The second-order valence-corrected chi connectivity index (χ2v) is 5.78.